The van der Waals surface area contributed by atoms with Crippen LogP contribution in [0.25, 0.3) is 57.3 Å². The Labute approximate surface area is 215 Å². The van der Waals surface area contributed by atoms with E-state index in [9.17, 15) is 0 Å². The maximum absolute atomic E-state index is 4.62. The summed E-state index contributed by atoms with van der Waals surface area (Å²) >= 11 is 0. The first-order chi connectivity index (χ1) is 16.8. The molecule has 0 amide bonds. The van der Waals surface area contributed by atoms with Crippen molar-refractivity contribution in [3.63, 3.8) is 0 Å². The van der Waals surface area contributed by atoms with Gasteiger partial charge >= 0.3 is 0 Å². The molecule has 0 saturated carbocycles. The Morgan fingerprint density at radius 1 is 0.486 bits per heavy atom. The Balaban J connectivity index is 0.000000194. The van der Waals surface area contributed by atoms with Crippen LogP contribution in [-0.4, -0.2) is 24.9 Å². The fraction of sp³-hybridized carbons (Fsp3) is 0. The van der Waals surface area contributed by atoms with Gasteiger partial charge in [-0.3, -0.25) is 4.98 Å². The Bertz CT molecular complexity index is 1570. The van der Waals surface area contributed by atoms with Crippen molar-refractivity contribution in [1.29, 1.82) is 0 Å². The molecular formula is C29H21N5Rh. The number of nitrogens with one attached hydrogen (secondary N) is 2. The molecule has 2 N–H and O–H groups in total. The molecule has 0 aliphatic carbocycles. The van der Waals surface area contributed by atoms with Gasteiger partial charge < -0.3 is 9.97 Å². The van der Waals surface area contributed by atoms with Gasteiger partial charge in [-0.2, -0.15) is 0 Å². The zero-order valence-electron chi connectivity index (χ0n) is 18.6. The second-order valence-electron chi connectivity index (χ2n) is 8.10. The summed E-state index contributed by atoms with van der Waals surface area (Å²) in [6.07, 6.45) is 9.86. The number of hydrogen-bond acceptors (Lipinski definition) is 3. The van der Waals surface area contributed by atoms with Gasteiger partial charge in [-0.25, -0.2) is 9.97 Å². The summed E-state index contributed by atoms with van der Waals surface area (Å²) in [7, 11) is 0. The van der Waals surface area contributed by atoms with Gasteiger partial charge in [0.25, 0.3) is 0 Å². The maximum atomic E-state index is 4.62. The average Bonchev–Trinajstić information content (AvgIpc) is 3.66. The number of hydrogen-bond donors (Lipinski definition) is 2. The van der Waals surface area contributed by atoms with Gasteiger partial charge in [0.05, 0.1) is 28.3 Å². The fourth-order valence-electron chi connectivity index (χ4n) is 3.96. The Hall–Kier alpha value is -4.15. The molecule has 1 radical (unpaired) electrons. The quantitative estimate of drug-likeness (QED) is 0.205. The molecule has 0 fully saturated rings. The number of H-pyrrole nitrogens is 2. The van der Waals surface area contributed by atoms with Gasteiger partial charge in [-0.15, -0.1) is 0 Å². The van der Waals surface area contributed by atoms with Crippen molar-refractivity contribution >= 4 is 57.3 Å². The monoisotopic (exact) mass is 542 g/mol. The SMILES string of the molecule is C1=Cc2cc3ccc(cc4ccc(cc5nc(cc1n2)C=C5)[nH]4)[nH]3.[Rh].c1ccc2ncccc2c1. The predicted molar refractivity (Wildman–Crippen MR) is 141 cm³/mol. The Kier molecular flexibility index (Phi) is 6.47. The van der Waals surface area contributed by atoms with E-state index in [-0.39, 0.29) is 19.5 Å². The van der Waals surface area contributed by atoms with Gasteiger partial charge in [0.15, 0.2) is 0 Å². The molecular weight excluding hydrogens is 521 g/mol. The standard InChI is InChI=1S/C20H14N4.C9H7N.Rh/c1-2-14-10-16-5-6-18(23-16)12-20-8-7-19(24-20)11-17-4-3-15(22-17)9-13(1)21-14;1-2-6-9-8(4-1)5-3-7-10-9;/h1-12,21-22H;1-7H;. The molecule has 2 aliphatic rings. The minimum atomic E-state index is 0. The van der Waals surface area contributed by atoms with Crippen molar-refractivity contribution in [1.82, 2.24) is 24.9 Å². The van der Waals surface area contributed by atoms with Crippen molar-refractivity contribution in [2.45, 2.75) is 0 Å². The zero-order valence-corrected chi connectivity index (χ0v) is 20.3. The van der Waals surface area contributed by atoms with Gasteiger partial charge in [0, 0.05) is 53.1 Å². The van der Waals surface area contributed by atoms with E-state index < -0.39 is 0 Å². The average molecular weight is 542 g/mol. The third-order valence-electron chi connectivity index (χ3n) is 5.55. The third kappa shape index (κ3) is 5.34. The number of aromatic nitrogens is 5. The topological polar surface area (TPSA) is 70.2 Å². The van der Waals surface area contributed by atoms with Crippen LogP contribution in [0.1, 0.15) is 22.8 Å². The number of fused-ring (bicyclic) bond motifs is 9. The summed E-state index contributed by atoms with van der Waals surface area (Å²) in [6, 6.07) is 28.5. The van der Waals surface area contributed by atoms with E-state index in [0.29, 0.717) is 0 Å². The first kappa shape index (κ1) is 22.6. The van der Waals surface area contributed by atoms with Crippen molar-refractivity contribution in [2.75, 3.05) is 0 Å². The van der Waals surface area contributed by atoms with Gasteiger partial charge in [0.2, 0.25) is 0 Å². The Morgan fingerprint density at radius 2 is 0.971 bits per heavy atom. The number of nitrogens with zero attached hydrogens (tertiary/aromatic N) is 3. The molecule has 2 aliphatic heterocycles. The van der Waals surface area contributed by atoms with Crippen LogP contribution in [0.4, 0.5) is 0 Å². The van der Waals surface area contributed by atoms with E-state index in [1.807, 2.05) is 73.0 Å². The second-order valence-corrected chi connectivity index (χ2v) is 8.10. The van der Waals surface area contributed by atoms with E-state index in [1.165, 1.54) is 5.39 Å². The normalized spacial score (nSPS) is 11.5. The van der Waals surface area contributed by atoms with Crippen LogP contribution in [-0.2, 0) is 19.5 Å². The molecule has 4 aromatic heterocycles. The van der Waals surface area contributed by atoms with Crippen LogP contribution in [0.3, 0.4) is 0 Å². The third-order valence-corrected chi connectivity index (χ3v) is 5.55. The molecule has 0 atom stereocenters. The number of para-hydroxylation sites is 1. The van der Waals surface area contributed by atoms with Crippen molar-refractivity contribution < 1.29 is 19.5 Å². The smallest absolute Gasteiger partial charge is 0.0701 e. The van der Waals surface area contributed by atoms with E-state index in [4.69, 9.17) is 0 Å². The second kappa shape index (κ2) is 10.00. The molecule has 0 saturated heterocycles. The first-order valence-corrected chi connectivity index (χ1v) is 11.1. The summed E-state index contributed by atoms with van der Waals surface area (Å²) in [5.74, 6) is 0. The number of pyridine rings is 1. The molecule has 7 rings (SSSR count). The van der Waals surface area contributed by atoms with Crippen LogP contribution in [0.2, 0.25) is 0 Å². The van der Waals surface area contributed by atoms with Gasteiger partial charge in [-0.1, -0.05) is 24.3 Å². The summed E-state index contributed by atoms with van der Waals surface area (Å²) in [4.78, 5) is 20.2. The minimum Gasteiger partial charge on any atom is -0.355 e. The van der Waals surface area contributed by atoms with Crippen LogP contribution in [0, 0.1) is 0 Å². The van der Waals surface area contributed by atoms with Crippen LogP contribution in [0.15, 0.2) is 91.1 Å². The van der Waals surface area contributed by atoms with Crippen molar-refractivity contribution in [3.05, 3.63) is 114 Å². The predicted octanol–water partition coefficient (Wildman–Crippen LogP) is 6.89. The van der Waals surface area contributed by atoms with Gasteiger partial charge in [0.1, 0.15) is 0 Å². The molecule has 171 valence electrons. The molecule has 5 nitrogen and oxygen atoms in total. The Morgan fingerprint density at radius 3 is 1.54 bits per heavy atom. The van der Waals surface area contributed by atoms with E-state index in [2.05, 4.69) is 67.4 Å². The summed E-state index contributed by atoms with van der Waals surface area (Å²) < 4.78 is 0. The molecule has 1 aromatic carbocycles. The number of aromatic amines is 2. The van der Waals surface area contributed by atoms with Crippen molar-refractivity contribution in [3.8, 4) is 0 Å². The molecule has 0 unspecified atom stereocenters. The summed E-state index contributed by atoms with van der Waals surface area (Å²) in [5, 5.41) is 1.20. The molecule has 6 heterocycles. The van der Waals surface area contributed by atoms with E-state index in [1.54, 1.807) is 0 Å². The minimum absolute atomic E-state index is 0. The van der Waals surface area contributed by atoms with Crippen LogP contribution >= 0.6 is 0 Å². The molecule has 0 spiro atoms. The zero-order chi connectivity index (χ0) is 22.7. The first-order valence-electron chi connectivity index (χ1n) is 11.1. The van der Waals surface area contributed by atoms with E-state index >= 15 is 0 Å². The van der Waals surface area contributed by atoms with Crippen molar-refractivity contribution in [2.24, 2.45) is 0 Å². The van der Waals surface area contributed by atoms with Crippen LogP contribution in [0.5, 0.6) is 0 Å². The molecule has 5 aromatic rings. The molecule has 6 heteroatoms. The fourth-order valence-corrected chi connectivity index (χ4v) is 3.96. The summed E-state index contributed by atoms with van der Waals surface area (Å²) in [5.41, 5.74) is 8.92. The van der Waals surface area contributed by atoms with Crippen LogP contribution < -0.4 is 0 Å². The number of rotatable bonds is 0. The molecule has 35 heavy (non-hydrogen) atoms. The largest absolute Gasteiger partial charge is 0.355 e. The maximum Gasteiger partial charge on any atom is 0.0701 e. The summed E-state index contributed by atoms with van der Waals surface area (Å²) in [6.45, 7) is 0. The molecule has 8 bridgehead atoms. The van der Waals surface area contributed by atoms with E-state index in [0.717, 1.165) is 50.4 Å². The number of benzene rings is 1. The van der Waals surface area contributed by atoms with Gasteiger partial charge in [-0.05, 0) is 85.0 Å².